The van der Waals surface area contributed by atoms with Gasteiger partial charge >= 0.3 is 0 Å². The maximum atomic E-state index is 6.33. The fraction of sp³-hybridized carbons (Fsp3) is 0.600. The number of rotatable bonds is 3. The third-order valence-electron chi connectivity index (χ3n) is 4.13. The third-order valence-corrected chi connectivity index (χ3v) is 4.48. The highest BCUT2D eigenvalue weighted by molar-refractivity contribution is 6.31. The number of nitrogens with zero attached hydrogens (tertiary/aromatic N) is 2. The lowest BCUT2D eigenvalue weighted by Gasteiger charge is -2.46. The van der Waals surface area contributed by atoms with Crippen molar-refractivity contribution in [3.63, 3.8) is 0 Å². The number of halogens is 1. The summed E-state index contributed by atoms with van der Waals surface area (Å²) >= 11 is 6.33. The minimum Gasteiger partial charge on any atom is -0.368 e. The summed E-state index contributed by atoms with van der Waals surface area (Å²) in [5.41, 5.74) is 8.14. The molecule has 0 amide bonds. The van der Waals surface area contributed by atoms with E-state index in [0.29, 0.717) is 6.54 Å². The predicted octanol–water partition coefficient (Wildman–Crippen LogP) is 2.37. The largest absolute Gasteiger partial charge is 0.368 e. The van der Waals surface area contributed by atoms with Gasteiger partial charge < -0.3 is 10.6 Å². The Morgan fingerprint density at radius 3 is 2.63 bits per heavy atom. The molecule has 0 bridgehead atoms. The highest BCUT2D eigenvalue weighted by Crippen LogP contribution is 2.28. The van der Waals surface area contributed by atoms with Crippen LogP contribution >= 0.6 is 11.6 Å². The molecule has 1 aliphatic rings. The fourth-order valence-corrected chi connectivity index (χ4v) is 2.82. The van der Waals surface area contributed by atoms with Crippen molar-refractivity contribution >= 4 is 17.3 Å². The fourth-order valence-electron chi connectivity index (χ4n) is 2.55. The van der Waals surface area contributed by atoms with Crippen LogP contribution in [0.3, 0.4) is 0 Å². The molecule has 0 spiro atoms. The van der Waals surface area contributed by atoms with Crippen LogP contribution in [0.5, 0.6) is 0 Å². The lowest BCUT2D eigenvalue weighted by atomic mass is 9.99. The van der Waals surface area contributed by atoms with Crippen LogP contribution in [0, 0.1) is 0 Å². The van der Waals surface area contributed by atoms with Gasteiger partial charge in [-0.25, -0.2) is 0 Å². The number of nitrogens with two attached hydrogens (primary N) is 1. The van der Waals surface area contributed by atoms with Gasteiger partial charge in [-0.1, -0.05) is 17.7 Å². The molecule has 1 aromatic rings. The average Bonchev–Trinajstić information content (AvgIpc) is 2.35. The molecule has 0 saturated carbocycles. The smallest absolute Gasteiger partial charge is 0.0459 e. The molecule has 106 valence electrons. The van der Waals surface area contributed by atoms with Gasteiger partial charge in [-0.3, -0.25) is 4.90 Å². The summed E-state index contributed by atoms with van der Waals surface area (Å²) in [7, 11) is 2.19. The van der Waals surface area contributed by atoms with Gasteiger partial charge in [0.15, 0.2) is 0 Å². The monoisotopic (exact) mass is 281 g/mol. The van der Waals surface area contributed by atoms with Gasteiger partial charge in [0.25, 0.3) is 0 Å². The van der Waals surface area contributed by atoms with Crippen molar-refractivity contribution in [2.75, 3.05) is 38.1 Å². The van der Waals surface area contributed by atoms with Gasteiger partial charge in [-0.15, -0.1) is 0 Å². The Labute approximate surface area is 121 Å². The summed E-state index contributed by atoms with van der Waals surface area (Å²) in [5.74, 6) is 0. The number of anilines is 1. The molecule has 1 heterocycles. The van der Waals surface area contributed by atoms with Crippen LogP contribution in [0.1, 0.15) is 19.4 Å². The van der Waals surface area contributed by atoms with Crippen molar-refractivity contribution in [3.8, 4) is 0 Å². The Morgan fingerprint density at radius 2 is 2.05 bits per heavy atom. The summed E-state index contributed by atoms with van der Waals surface area (Å²) in [4.78, 5) is 4.83. The molecule has 3 nitrogen and oxygen atoms in total. The molecule has 2 N–H and O–H groups in total. The molecule has 1 saturated heterocycles. The van der Waals surface area contributed by atoms with E-state index in [2.05, 4.69) is 48.9 Å². The van der Waals surface area contributed by atoms with E-state index in [1.165, 1.54) is 5.69 Å². The zero-order valence-electron chi connectivity index (χ0n) is 12.1. The van der Waals surface area contributed by atoms with Gasteiger partial charge in [-0.05, 0) is 51.6 Å². The van der Waals surface area contributed by atoms with Crippen LogP contribution in [-0.4, -0.2) is 43.7 Å². The number of benzene rings is 1. The van der Waals surface area contributed by atoms with Crippen molar-refractivity contribution in [1.82, 2.24) is 4.90 Å². The molecule has 0 atom stereocenters. The van der Waals surface area contributed by atoms with Gasteiger partial charge in [0, 0.05) is 35.9 Å². The molecule has 0 unspecified atom stereocenters. The van der Waals surface area contributed by atoms with Crippen LogP contribution in [0.15, 0.2) is 18.2 Å². The standard InChI is InChI=1S/C15H24ClN3/c1-15(2)11-19(9-8-18(15)3)13-5-4-12(6-7-17)14(16)10-13/h4-5,10H,6-9,11,17H2,1-3H3. The molecular formula is C15H24ClN3. The lowest BCUT2D eigenvalue weighted by Crippen LogP contribution is -2.57. The van der Waals surface area contributed by atoms with E-state index >= 15 is 0 Å². The van der Waals surface area contributed by atoms with Gasteiger partial charge in [0.1, 0.15) is 0 Å². The predicted molar refractivity (Wildman–Crippen MR) is 83.1 cm³/mol. The van der Waals surface area contributed by atoms with Crippen molar-refractivity contribution in [2.24, 2.45) is 5.73 Å². The number of hydrogen-bond acceptors (Lipinski definition) is 3. The van der Waals surface area contributed by atoms with Gasteiger partial charge in [-0.2, -0.15) is 0 Å². The quantitative estimate of drug-likeness (QED) is 0.923. The lowest BCUT2D eigenvalue weighted by molar-refractivity contribution is 0.139. The Balaban J connectivity index is 2.16. The normalized spacial score (nSPS) is 19.7. The average molecular weight is 282 g/mol. The number of hydrogen-bond donors (Lipinski definition) is 1. The Hall–Kier alpha value is -0.770. The van der Waals surface area contributed by atoms with E-state index in [9.17, 15) is 0 Å². The topological polar surface area (TPSA) is 32.5 Å². The maximum Gasteiger partial charge on any atom is 0.0459 e. The van der Waals surface area contributed by atoms with E-state index in [4.69, 9.17) is 17.3 Å². The first-order valence-electron chi connectivity index (χ1n) is 6.89. The molecule has 0 aliphatic carbocycles. The number of piperazine rings is 1. The Morgan fingerprint density at radius 1 is 1.32 bits per heavy atom. The SMILES string of the molecule is CN1CCN(c2ccc(CCN)c(Cl)c2)CC1(C)C. The third kappa shape index (κ3) is 3.22. The second kappa shape index (κ2) is 5.70. The van der Waals surface area contributed by atoms with Crippen molar-refractivity contribution in [3.05, 3.63) is 28.8 Å². The maximum absolute atomic E-state index is 6.33. The van der Waals surface area contributed by atoms with Crippen LogP contribution in [0.25, 0.3) is 0 Å². The molecule has 19 heavy (non-hydrogen) atoms. The molecule has 1 aliphatic heterocycles. The minimum atomic E-state index is 0.195. The van der Waals surface area contributed by atoms with E-state index in [1.54, 1.807) is 0 Å². The van der Waals surface area contributed by atoms with Crippen molar-refractivity contribution in [2.45, 2.75) is 25.8 Å². The van der Waals surface area contributed by atoms with Crippen LogP contribution in [-0.2, 0) is 6.42 Å². The van der Waals surface area contributed by atoms with Crippen molar-refractivity contribution < 1.29 is 0 Å². The first-order valence-corrected chi connectivity index (χ1v) is 7.26. The highest BCUT2D eigenvalue weighted by atomic mass is 35.5. The summed E-state index contributed by atoms with van der Waals surface area (Å²) in [5, 5.41) is 0.833. The minimum absolute atomic E-state index is 0.195. The van der Waals surface area contributed by atoms with Crippen LogP contribution in [0.2, 0.25) is 5.02 Å². The summed E-state index contributed by atoms with van der Waals surface area (Å²) < 4.78 is 0. The molecule has 2 rings (SSSR count). The van der Waals surface area contributed by atoms with Crippen molar-refractivity contribution in [1.29, 1.82) is 0 Å². The first kappa shape index (κ1) is 14.6. The van der Waals surface area contributed by atoms with Gasteiger partial charge in [0.2, 0.25) is 0 Å². The summed E-state index contributed by atoms with van der Waals surface area (Å²) in [6.07, 6.45) is 0.841. The molecular weight excluding hydrogens is 258 g/mol. The Kier molecular flexibility index (Phi) is 4.39. The summed E-state index contributed by atoms with van der Waals surface area (Å²) in [6, 6.07) is 6.35. The zero-order chi connectivity index (χ0) is 14.0. The van der Waals surface area contributed by atoms with Crippen LogP contribution in [0.4, 0.5) is 5.69 Å². The molecule has 0 radical (unpaired) electrons. The molecule has 4 heteroatoms. The molecule has 1 fully saturated rings. The molecule has 0 aromatic heterocycles. The van der Waals surface area contributed by atoms with E-state index in [0.717, 1.165) is 36.6 Å². The van der Waals surface area contributed by atoms with E-state index in [1.807, 2.05) is 0 Å². The second-order valence-corrected chi connectivity index (χ2v) is 6.38. The summed E-state index contributed by atoms with van der Waals surface area (Å²) in [6.45, 7) is 8.35. The number of likely N-dealkylation sites (N-methyl/N-ethyl adjacent to an activating group) is 1. The Bertz CT molecular complexity index is 445. The highest BCUT2D eigenvalue weighted by Gasteiger charge is 2.31. The van der Waals surface area contributed by atoms with Gasteiger partial charge in [0.05, 0.1) is 0 Å². The zero-order valence-corrected chi connectivity index (χ0v) is 12.9. The van der Waals surface area contributed by atoms with Crippen LogP contribution < -0.4 is 10.6 Å². The van der Waals surface area contributed by atoms with E-state index < -0.39 is 0 Å². The van der Waals surface area contributed by atoms with E-state index in [-0.39, 0.29) is 5.54 Å². The first-order chi connectivity index (χ1) is 8.94. The second-order valence-electron chi connectivity index (χ2n) is 5.97. The molecule has 1 aromatic carbocycles.